The van der Waals surface area contributed by atoms with Crippen molar-refractivity contribution in [3.63, 3.8) is 0 Å². The highest BCUT2D eigenvalue weighted by molar-refractivity contribution is 5.96. The van der Waals surface area contributed by atoms with Crippen molar-refractivity contribution in [2.75, 3.05) is 20.1 Å². The summed E-state index contributed by atoms with van der Waals surface area (Å²) in [7, 11) is 1.57. The SMILES string of the molecule is C[C@@H](O)CNC(=O)CN(C)C(=O)c1ccccc1. The van der Waals surface area contributed by atoms with E-state index in [-0.39, 0.29) is 24.9 Å². The molecule has 0 bridgehead atoms. The van der Waals surface area contributed by atoms with Gasteiger partial charge in [0.1, 0.15) is 0 Å². The number of carbonyl (C=O) groups is 2. The lowest BCUT2D eigenvalue weighted by atomic mass is 10.2. The summed E-state index contributed by atoms with van der Waals surface area (Å²) in [5.74, 6) is -0.495. The lowest BCUT2D eigenvalue weighted by Crippen LogP contribution is -2.40. The molecule has 0 fully saturated rings. The standard InChI is InChI=1S/C13H18N2O3/c1-10(16)8-14-12(17)9-15(2)13(18)11-6-4-3-5-7-11/h3-7,10,16H,8-9H2,1-2H3,(H,14,17)/t10-/m1/s1. The molecule has 0 saturated carbocycles. The molecule has 0 spiro atoms. The van der Waals surface area contributed by atoms with E-state index in [0.717, 1.165) is 0 Å². The lowest BCUT2D eigenvalue weighted by Gasteiger charge is -2.17. The van der Waals surface area contributed by atoms with E-state index in [2.05, 4.69) is 5.32 Å². The monoisotopic (exact) mass is 250 g/mol. The van der Waals surface area contributed by atoms with Crippen LogP contribution in [0.2, 0.25) is 0 Å². The third kappa shape index (κ3) is 4.55. The molecular formula is C13H18N2O3. The minimum absolute atomic E-state index is 0.0273. The van der Waals surface area contributed by atoms with Gasteiger partial charge in [0.15, 0.2) is 0 Å². The summed E-state index contributed by atoms with van der Waals surface area (Å²) in [5.41, 5.74) is 0.545. The third-order valence-electron chi connectivity index (χ3n) is 2.34. The van der Waals surface area contributed by atoms with E-state index in [9.17, 15) is 9.59 Å². The summed E-state index contributed by atoms with van der Waals surface area (Å²) in [6.07, 6.45) is -0.593. The Morgan fingerprint density at radius 1 is 1.33 bits per heavy atom. The predicted molar refractivity (Wildman–Crippen MR) is 68.1 cm³/mol. The van der Waals surface area contributed by atoms with Crippen LogP contribution in [0.1, 0.15) is 17.3 Å². The van der Waals surface area contributed by atoms with E-state index >= 15 is 0 Å². The van der Waals surface area contributed by atoms with Gasteiger partial charge in [0.25, 0.3) is 5.91 Å². The fourth-order valence-corrected chi connectivity index (χ4v) is 1.41. The number of carbonyl (C=O) groups excluding carboxylic acids is 2. The number of benzene rings is 1. The summed E-state index contributed by atoms with van der Waals surface area (Å²) in [4.78, 5) is 24.7. The minimum Gasteiger partial charge on any atom is -0.392 e. The van der Waals surface area contributed by atoms with E-state index in [4.69, 9.17) is 5.11 Å². The van der Waals surface area contributed by atoms with Crippen molar-refractivity contribution in [1.82, 2.24) is 10.2 Å². The lowest BCUT2D eigenvalue weighted by molar-refractivity contribution is -0.122. The van der Waals surface area contributed by atoms with Crippen LogP contribution in [0.25, 0.3) is 0 Å². The van der Waals surface area contributed by atoms with Gasteiger partial charge in [-0.3, -0.25) is 9.59 Å². The van der Waals surface area contributed by atoms with Gasteiger partial charge in [0.05, 0.1) is 12.6 Å². The van der Waals surface area contributed by atoms with Crippen molar-refractivity contribution in [1.29, 1.82) is 0 Å². The number of hydrogen-bond donors (Lipinski definition) is 2. The van der Waals surface area contributed by atoms with Crippen LogP contribution in [0.4, 0.5) is 0 Å². The number of aliphatic hydroxyl groups is 1. The zero-order valence-electron chi connectivity index (χ0n) is 10.6. The van der Waals surface area contributed by atoms with Crippen LogP contribution in [0.15, 0.2) is 30.3 Å². The van der Waals surface area contributed by atoms with Crippen molar-refractivity contribution < 1.29 is 14.7 Å². The largest absolute Gasteiger partial charge is 0.392 e. The normalized spacial score (nSPS) is 11.7. The Bertz CT molecular complexity index is 404. The Labute approximate surface area is 106 Å². The highest BCUT2D eigenvalue weighted by Crippen LogP contribution is 2.02. The molecule has 5 nitrogen and oxygen atoms in total. The molecule has 0 aliphatic rings. The maximum absolute atomic E-state index is 11.9. The van der Waals surface area contributed by atoms with E-state index in [1.165, 1.54) is 4.90 Å². The van der Waals surface area contributed by atoms with Gasteiger partial charge in [0, 0.05) is 19.2 Å². The Hall–Kier alpha value is -1.88. The Balaban J connectivity index is 2.48. The van der Waals surface area contributed by atoms with E-state index in [0.29, 0.717) is 5.56 Å². The topological polar surface area (TPSA) is 69.6 Å². The summed E-state index contributed by atoms with van der Waals surface area (Å²) in [5, 5.41) is 11.6. The first-order valence-corrected chi connectivity index (χ1v) is 5.76. The maximum atomic E-state index is 11.9. The van der Waals surface area contributed by atoms with Gasteiger partial charge in [-0.05, 0) is 19.1 Å². The van der Waals surface area contributed by atoms with Crippen molar-refractivity contribution in [2.45, 2.75) is 13.0 Å². The van der Waals surface area contributed by atoms with E-state index in [1.807, 2.05) is 6.07 Å². The zero-order valence-corrected chi connectivity index (χ0v) is 10.6. The molecule has 2 amide bonds. The highest BCUT2D eigenvalue weighted by atomic mass is 16.3. The molecule has 1 aromatic carbocycles. The smallest absolute Gasteiger partial charge is 0.254 e. The second kappa shape index (κ2) is 6.76. The molecule has 0 saturated heterocycles. The van der Waals surface area contributed by atoms with E-state index in [1.54, 1.807) is 38.2 Å². The number of nitrogens with zero attached hydrogens (tertiary/aromatic N) is 1. The molecule has 0 aromatic heterocycles. The van der Waals surface area contributed by atoms with Crippen molar-refractivity contribution in [2.24, 2.45) is 0 Å². The van der Waals surface area contributed by atoms with Crippen molar-refractivity contribution in [3.05, 3.63) is 35.9 Å². The molecule has 5 heteroatoms. The zero-order chi connectivity index (χ0) is 13.5. The van der Waals surface area contributed by atoms with Gasteiger partial charge in [-0.2, -0.15) is 0 Å². The third-order valence-corrected chi connectivity index (χ3v) is 2.34. The van der Waals surface area contributed by atoms with Crippen molar-refractivity contribution >= 4 is 11.8 Å². The summed E-state index contributed by atoms with van der Waals surface area (Å²) in [6, 6.07) is 8.77. The molecule has 0 unspecified atom stereocenters. The first-order chi connectivity index (χ1) is 8.50. The number of aliphatic hydroxyl groups excluding tert-OH is 1. The molecule has 1 rings (SSSR count). The fraction of sp³-hybridized carbons (Fsp3) is 0.385. The highest BCUT2D eigenvalue weighted by Gasteiger charge is 2.14. The second-order valence-corrected chi connectivity index (χ2v) is 4.18. The average molecular weight is 250 g/mol. The maximum Gasteiger partial charge on any atom is 0.254 e. The van der Waals surface area contributed by atoms with Gasteiger partial charge >= 0.3 is 0 Å². The van der Waals surface area contributed by atoms with Crippen LogP contribution in [-0.4, -0.2) is 48.1 Å². The molecule has 0 heterocycles. The average Bonchev–Trinajstić information content (AvgIpc) is 2.36. The number of rotatable bonds is 5. The first-order valence-electron chi connectivity index (χ1n) is 5.76. The first kappa shape index (κ1) is 14.2. The molecule has 1 atom stereocenters. The molecule has 0 aliphatic heterocycles. The van der Waals surface area contributed by atoms with Crippen LogP contribution >= 0.6 is 0 Å². The van der Waals surface area contributed by atoms with Crippen molar-refractivity contribution in [3.8, 4) is 0 Å². The number of amides is 2. The van der Waals surface area contributed by atoms with Gasteiger partial charge in [-0.25, -0.2) is 0 Å². The quantitative estimate of drug-likeness (QED) is 0.787. The molecule has 18 heavy (non-hydrogen) atoms. The minimum atomic E-state index is -0.593. The fourth-order valence-electron chi connectivity index (χ4n) is 1.41. The number of nitrogens with one attached hydrogen (secondary N) is 1. The van der Waals surface area contributed by atoms with Gasteiger partial charge < -0.3 is 15.3 Å². The molecule has 1 aromatic rings. The second-order valence-electron chi connectivity index (χ2n) is 4.18. The molecule has 2 N–H and O–H groups in total. The summed E-state index contributed by atoms with van der Waals surface area (Å²) in [6.45, 7) is 1.74. The molecular weight excluding hydrogens is 232 g/mol. The van der Waals surface area contributed by atoms with Gasteiger partial charge in [0.2, 0.25) is 5.91 Å². The van der Waals surface area contributed by atoms with Crippen LogP contribution in [0.5, 0.6) is 0 Å². The summed E-state index contributed by atoms with van der Waals surface area (Å²) < 4.78 is 0. The predicted octanol–water partition coefficient (Wildman–Crippen LogP) is 0.256. The molecule has 0 aliphatic carbocycles. The Morgan fingerprint density at radius 2 is 1.94 bits per heavy atom. The number of likely N-dealkylation sites (N-methyl/N-ethyl adjacent to an activating group) is 1. The summed E-state index contributed by atoms with van der Waals surface area (Å²) >= 11 is 0. The molecule has 0 radical (unpaired) electrons. The Morgan fingerprint density at radius 3 is 2.50 bits per heavy atom. The van der Waals surface area contributed by atoms with Crippen LogP contribution in [0, 0.1) is 0 Å². The van der Waals surface area contributed by atoms with Crippen LogP contribution in [0.3, 0.4) is 0 Å². The van der Waals surface area contributed by atoms with Gasteiger partial charge in [-0.15, -0.1) is 0 Å². The molecule has 98 valence electrons. The Kier molecular flexibility index (Phi) is 5.32. The van der Waals surface area contributed by atoms with Crippen LogP contribution in [-0.2, 0) is 4.79 Å². The number of hydrogen-bond acceptors (Lipinski definition) is 3. The van der Waals surface area contributed by atoms with Gasteiger partial charge in [-0.1, -0.05) is 18.2 Å². The van der Waals surface area contributed by atoms with Crippen LogP contribution < -0.4 is 5.32 Å². The van der Waals surface area contributed by atoms with E-state index < -0.39 is 6.10 Å².